The lowest BCUT2D eigenvalue weighted by Gasteiger charge is -2.39. The molecule has 2 aromatic rings. The molecular formula is C21H30FN7O5S. The fourth-order valence-corrected chi connectivity index (χ4v) is 6.14. The van der Waals surface area contributed by atoms with Gasteiger partial charge in [0.2, 0.25) is 15.8 Å². The van der Waals surface area contributed by atoms with E-state index in [0.29, 0.717) is 50.7 Å². The molecule has 0 aromatic carbocycles. The van der Waals surface area contributed by atoms with Crippen LogP contribution in [0.4, 0.5) is 10.1 Å². The molecule has 2 N–H and O–H groups in total. The molecule has 3 aliphatic rings. The van der Waals surface area contributed by atoms with Crippen LogP contribution in [0.3, 0.4) is 0 Å². The zero-order chi connectivity index (χ0) is 24.8. The van der Waals surface area contributed by atoms with Crippen molar-refractivity contribution in [1.82, 2.24) is 29.5 Å². The highest BCUT2D eigenvalue weighted by molar-refractivity contribution is 7.89. The molecular weight excluding hydrogens is 481 g/mol. The summed E-state index contributed by atoms with van der Waals surface area (Å²) in [4.78, 5) is 16.8. The molecule has 3 fully saturated rings. The Morgan fingerprint density at radius 3 is 2.49 bits per heavy atom. The van der Waals surface area contributed by atoms with Gasteiger partial charge in [0.1, 0.15) is 17.1 Å². The lowest BCUT2D eigenvalue weighted by molar-refractivity contribution is -0.0725. The van der Waals surface area contributed by atoms with Gasteiger partial charge in [0, 0.05) is 44.5 Å². The van der Waals surface area contributed by atoms with Gasteiger partial charge in [-0.15, -0.1) is 10.2 Å². The first-order valence-electron chi connectivity index (χ1n) is 11.7. The molecule has 0 saturated carbocycles. The number of pyridine rings is 1. The molecule has 35 heavy (non-hydrogen) atoms. The van der Waals surface area contributed by atoms with Gasteiger partial charge in [-0.3, -0.25) is 9.20 Å². The van der Waals surface area contributed by atoms with E-state index in [4.69, 9.17) is 9.47 Å². The van der Waals surface area contributed by atoms with E-state index in [-0.39, 0.29) is 41.9 Å². The van der Waals surface area contributed by atoms with E-state index in [2.05, 4.69) is 20.2 Å². The van der Waals surface area contributed by atoms with Gasteiger partial charge < -0.3 is 24.6 Å². The first kappa shape index (κ1) is 24.3. The first-order valence-corrected chi connectivity index (χ1v) is 13.1. The van der Waals surface area contributed by atoms with Crippen LogP contribution < -0.4 is 14.9 Å². The third-order valence-electron chi connectivity index (χ3n) is 6.52. The fourth-order valence-electron chi connectivity index (χ4n) is 4.76. The first-order chi connectivity index (χ1) is 16.7. The summed E-state index contributed by atoms with van der Waals surface area (Å²) >= 11 is 0. The molecule has 2 aromatic heterocycles. The van der Waals surface area contributed by atoms with Gasteiger partial charge in [0.05, 0.1) is 32.1 Å². The van der Waals surface area contributed by atoms with Crippen molar-refractivity contribution < 1.29 is 27.1 Å². The van der Waals surface area contributed by atoms with E-state index in [9.17, 15) is 17.6 Å². The van der Waals surface area contributed by atoms with Crippen molar-refractivity contribution >= 4 is 27.3 Å². The molecule has 14 heteroatoms. The van der Waals surface area contributed by atoms with Crippen LogP contribution in [0, 0.1) is 0 Å². The number of hydrogen-bond donors (Lipinski definition) is 2. The standard InChI is InChI=1S/C21H30FN7O5S/c1-14-8-28(9-15(2)23-14)17-7-16(35(31,32)26-21(11-22)12-34-13-21)10-29-18(17)24-25-19(29)20(30)27-3-5-33-6-4-27/h7,10,14-15,23,26H,3-6,8-9,11-13H2,1-2H3/t14-,15-/m0/s1. The zero-order valence-electron chi connectivity index (χ0n) is 19.7. The Hall–Kier alpha value is -2.39. The number of ether oxygens (including phenoxy) is 2. The molecule has 2 atom stereocenters. The van der Waals surface area contributed by atoms with Crippen LogP contribution in [0.1, 0.15) is 24.5 Å². The monoisotopic (exact) mass is 511 g/mol. The van der Waals surface area contributed by atoms with Crippen molar-refractivity contribution in [2.75, 3.05) is 64.2 Å². The number of fused-ring (bicyclic) bond motifs is 1. The van der Waals surface area contributed by atoms with Crippen LogP contribution in [0.5, 0.6) is 0 Å². The van der Waals surface area contributed by atoms with E-state index in [1.54, 1.807) is 4.90 Å². The molecule has 3 aliphatic heterocycles. The molecule has 0 unspecified atom stereocenters. The molecule has 5 heterocycles. The minimum Gasteiger partial charge on any atom is -0.378 e. The van der Waals surface area contributed by atoms with Crippen molar-refractivity contribution in [3.8, 4) is 0 Å². The molecule has 1 amide bonds. The van der Waals surface area contributed by atoms with Gasteiger partial charge in [0.25, 0.3) is 5.91 Å². The SMILES string of the molecule is C[C@H]1CN(c2cc(S(=O)(=O)NC3(CF)COC3)cn3c(C(=O)N4CCOCC4)nnc23)C[C@H](C)N1. The number of sulfonamides is 1. The summed E-state index contributed by atoms with van der Waals surface area (Å²) in [5.74, 6) is -0.340. The van der Waals surface area contributed by atoms with E-state index in [1.807, 2.05) is 18.7 Å². The topological polar surface area (TPSA) is 130 Å². The van der Waals surface area contributed by atoms with Crippen molar-refractivity contribution in [2.45, 2.75) is 36.4 Å². The number of carbonyl (C=O) groups excluding carboxylic acids is 1. The Labute approximate surface area is 202 Å². The highest BCUT2D eigenvalue weighted by Gasteiger charge is 2.43. The highest BCUT2D eigenvalue weighted by atomic mass is 32.2. The van der Waals surface area contributed by atoms with Gasteiger partial charge in [-0.2, -0.15) is 4.72 Å². The normalized spacial score (nSPS) is 25.0. The Morgan fingerprint density at radius 1 is 1.20 bits per heavy atom. The lowest BCUT2D eigenvalue weighted by Crippen LogP contribution is -2.63. The minimum absolute atomic E-state index is 0.0172. The Bertz CT molecular complexity index is 1200. The summed E-state index contributed by atoms with van der Waals surface area (Å²) in [7, 11) is -4.15. The largest absolute Gasteiger partial charge is 0.378 e. The van der Waals surface area contributed by atoms with Gasteiger partial charge in [-0.1, -0.05) is 0 Å². The van der Waals surface area contributed by atoms with Crippen LogP contribution >= 0.6 is 0 Å². The van der Waals surface area contributed by atoms with Crippen LogP contribution in [0.2, 0.25) is 0 Å². The van der Waals surface area contributed by atoms with Gasteiger partial charge in [-0.25, -0.2) is 12.8 Å². The summed E-state index contributed by atoms with van der Waals surface area (Å²) in [5, 5.41) is 11.9. The number of nitrogens with one attached hydrogen (secondary N) is 2. The summed E-state index contributed by atoms with van der Waals surface area (Å²) in [6, 6.07) is 1.82. The van der Waals surface area contributed by atoms with Gasteiger partial charge in [0.15, 0.2) is 5.65 Å². The number of anilines is 1. The average molecular weight is 512 g/mol. The third kappa shape index (κ3) is 4.60. The molecule has 0 spiro atoms. The minimum atomic E-state index is -4.15. The molecule has 0 aliphatic carbocycles. The predicted octanol–water partition coefficient (Wildman–Crippen LogP) is -0.595. The van der Waals surface area contributed by atoms with E-state index < -0.39 is 22.2 Å². The van der Waals surface area contributed by atoms with Gasteiger partial charge >= 0.3 is 0 Å². The van der Waals surface area contributed by atoms with E-state index >= 15 is 0 Å². The number of morpholine rings is 1. The predicted molar refractivity (Wildman–Crippen MR) is 124 cm³/mol. The number of aromatic nitrogens is 3. The maximum atomic E-state index is 13.7. The number of piperazine rings is 1. The number of hydrogen-bond acceptors (Lipinski definition) is 9. The Kier molecular flexibility index (Phi) is 6.42. The van der Waals surface area contributed by atoms with E-state index in [0.717, 1.165) is 0 Å². The molecule has 0 radical (unpaired) electrons. The Morgan fingerprint density at radius 2 is 1.89 bits per heavy atom. The van der Waals surface area contributed by atoms with Crippen molar-refractivity contribution in [3.05, 3.63) is 18.1 Å². The molecule has 3 saturated heterocycles. The smallest absolute Gasteiger partial charge is 0.292 e. The fraction of sp³-hybridized carbons (Fsp3) is 0.667. The van der Waals surface area contributed by atoms with Crippen LogP contribution in [0.15, 0.2) is 17.2 Å². The third-order valence-corrected chi connectivity index (χ3v) is 8.07. The van der Waals surface area contributed by atoms with Crippen molar-refractivity contribution in [2.24, 2.45) is 0 Å². The highest BCUT2D eigenvalue weighted by Crippen LogP contribution is 2.29. The number of amides is 1. The maximum absolute atomic E-state index is 13.7. The van der Waals surface area contributed by atoms with Crippen molar-refractivity contribution in [3.63, 3.8) is 0 Å². The van der Waals surface area contributed by atoms with Crippen molar-refractivity contribution in [1.29, 1.82) is 0 Å². The number of carbonyl (C=O) groups is 1. The zero-order valence-corrected chi connectivity index (χ0v) is 20.6. The average Bonchev–Trinajstić information content (AvgIpc) is 3.24. The number of alkyl halides is 1. The van der Waals surface area contributed by atoms with Gasteiger partial charge in [-0.05, 0) is 19.9 Å². The summed E-state index contributed by atoms with van der Waals surface area (Å²) in [6.07, 6.45) is 1.33. The lowest BCUT2D eigenvalue weighted by atomic mass is 10.0. The van der Waals surface area contributed by atoms with E-state index in [1.165, 1.54) is 16.7 Å². The maximum Gasteiger partial charge on any atom is 0.292 e. The Balaban J connectivity index is 1.60. The summed E-state index contributed by atoms with van der Waals surface area (Å²) in [6.45, 7) is 5.98. The second-order valence-corrected chi connectivity index (χ2v) is 11.3. The number of nitrogens with zero attached hydrogens (tertiary/aromatic N) is 5. The number of rotatable bonds is 6. The van der Waals surface area contributed by atoms with Crippen LogP contribution in [0.25, 0.3) is 5.65 Å². The summed E-state index contributed by atoms with van der Waals surface area (Å²) < 4.78 is 54.7. The quantitative estimate of drug-likeness (QED) is 0.522. The molecule has 0 bridgehead atoms. The number of halogens is 1. The second-order valence-electron chi connectivity index (χ2n) is 9.57. The summed E-state index contributed by atoms with van der Waals surface area (Å²) in [5.41, 5.74) is -0.360. The second kappa shape index (κ2) is 9.24. The molecule has 192 valence electrons. The molecule has 5 rings (SSSR count). The molecule has 12 nitrogen and oxygen atoms in total. The van der Waals surface area contributed by atoms with Crippen LogP contribution in [-0.4, -0.2) is 111 Å². The van der Waals surface area contributed by atoms with Crippen LogP contribution in [-0.2, 0) is 19.5 Å².